The summed E-state index contributed by atoms with van der Waals surface area (Å²) >= 11 is 0. The predicted octanol–water partition coefficient (Wildman–Crippen LogP) is 1.89. The van der Waals surface area contributed by atoms with Crippen molar-refractivity contribution in [3.63, 3.8) is 0 Å². The molecule has 2 heterocycles. The molecule has 2 N–H and O–H groups in total. The summed E-state index contributed by atoms with van der Waals surface area (Å²) in [6, 6.07) is 1.79. The molecule has 3 fully saturated rings. The molecule has 1 aromatic heterocycles. The van der Waals surface area contributed by atoms with Gasteiger partial charge < -0.3 is 15.2 Å². The van der Waals surface area contributed by atoms with Gasteiger partial charge in [-0.2, -0.15) is 10.2 Å². The maximum absolute atomic E-state index is 13.8. The smallest absolute Gasteiger partial charge is 0.254 e. The van der Waals surface area contributed by atoms with Crippen molar-refractivity contribution in [3.05, 3.63) is 11.8 Å². The molecule has 0 spiro atoms. The zero-order chi connectivity index (χ0) is 23.1. The molecule has 2 saturated carbocycles. The molecule has 2 atom stereocenters. The number of nitriles is 1. The number of aliphatic hydroxyl groups is 1. The summed E-state index contributed by atoms with van der Waals surface area (Å²) in [6.07, 6.45) is 1.70. The van der Waals surface area contributed by atoms with Crippen LogP contribution in [-0.2, 0) is 10.0 Å². The van der Waals surface area contributed by atoms with Gasteiger partial charge in [0.15, 0.2) is 0 Å². The Bertz CT molecular complexity index is 1000. The highest BCUT2D eigenvalue weighted by Crippen LogP contribution is 2.43. The van der Waals surface area contributed by atoms with Gasteiger partial charge in [0.25, 0.3) is 5.92 Å². The fourth-order valence-corrected chi connectivity index (χ4v) is 6.16. The third-order valence-electron chi connectivity index (χ3n) is 6.25. The second-order valence-electron chi connectivity index (χ2n) is 9.26. The van der Waals surface area contributed by atoms with Crippen molar-refractivity contribution in [1.29, 1.82) is 5.26 Å². The number of alkyl halides is 2. The van der Waals surface area contributed by atoms with E-state index < -0.39 is 40.5 Å². The van der Waals surface area contributed by atoms with Gasteiger partial charge in [0.1, 0.15) is 23.3 Å². The summed E-state index contributed by atoms with van der Waals surface area (Å²) in [7, 11) is -3.23. The van der Waals surface area contributed by atoms with Crippen LogP contribution in [0, 0.1) is 17.2 Å². The molecule has 0 radical (unpaired) electrons. The van der Waals surface area contributed by atoms with E-state index in [1.54, 1.807) is 0 Å². The molecular weight excluding hydrogens is 444 g/mol. The van der Waals surface area contributed by atoms with Gasteiger partial charge in [-0.1, -0.05) is 0 Å². The van der Waals surface area contributed by atoms with Gasteiger partial charge in [-0.25, -0.2) is 26.5 Å². The SMILES string of the molecule is CC1(O)CC(F)(F)CC1Oc1nc(NC2CCN(S(=O)(=O)CC3CC3)CC2)ncc1C#N. The summed E-state index contributed by atoms with van der Waals surface area (Å²) < 4.78 is 59.5. The third kappa shape index (κ3) is 5.27. The molecule has 32 heavy (non-hydrogen) atoms. The maximum Gasteiger partial charge on any atom is 0.254 e. The minimum Gasteiger partial charge on any atom is -0.470 e. The Morgan fingerprint density at radius 3 is 2.59 bits per heavy atom. The number of anilines is 1. The quantitative estimate of drug-likeness (QED) is 0.617. The first-order chi connectivity index (χ1) is 15.0. The van der Waals surface area contributed by atoms with E-state index in [9.17, 15) is 27.6 Å². The largest absolute Gasteiger partial charge is 0.470 e. The van der Waals surface area contributed by atoms with E-state index in [4.69, 9.17) is 4.74 Å². The summed E-state index contributed by atoms with van der Waals surface area (Å²) in [5, 5.41) is 22.7. The lowest BCUT2D eigenvalue weighted by Gasteiger charge is -2.31. The second-order valence-corrected chi connectivity index (χ2v) is 11.3. The highest BCUT2D eigenvalue weighted by molar-refractivity contribution is 7.89. The molecule has 1 aromatic rings. The molecule has 176 valence electrons. The normalized spacial score (nSPS) is 28.9. The number of nitrogens with one attached hydrogen (secondary N) is 1. The number of hydrogen-bond acceptors (Lipinski definition) is 8. The standard InChI is InChI=1S/C20H27F2N5O4S/c1-19(28)12-20(21,22)8-16(19)31-17-14(9-23)10-24-18(26-17)25-15-4-6-27(7-5-15)32(29,30)11-13-2-3-13/h10,13,15-16,28H,2-8,11-12H2,1H3,(H,24,25,26). The number of rotatable bonds is 7. The molecule has 0 aromatic carbocycles. The Morgan fingerprint density at radius 2 is 2.03 bits per heavy atom. The van der Waals surface area contributed by atoms with Crippen LogP contribution in [0.4, 0.5) is 14.7 Å². The first-order valence-corrected chi connectivity index (χ1v) is 12.4. The summed E-state index contributed by atoms with van der Waals surface area (Å²) in [6.45, 7) is 2.06. The highest BCUT2D eigenvalue weighted by Gasteiger charge is 2.54. The summed E-state index contributed by atoms with van der Waals surface area (Å²) in [5.41, 5.74) is -1.78. The Labute approximate surface area is 185 Å². The monoisotopic (exact) mass is 471 g/mol. The topological polar surface area (TPSA) is 128 Å². The zero-order valence-corrected chi connectivity index (χ0v) is 18.6. The van der Waals surface area contributed by atoms with E-state index >= 15 is 0 Å². The molecule has 4 rings (SSSR count). The van der Waals surface area contributed by atoms with E-state index in [-0.39, 0.29) is 29.2 Å². The van der Waals surface area contributed by atoms with Crippen LogP contribution in [0.2, 0.25) is 0 Å². The van der Waals surface area contributed by atoms with E-state index in [1.807, 2.05) is 6.07 Å². The van der Waals surface area contributed by atoms with Crippen molar-refractivity contribution in [2.24, 2.45) is 5.92 Å². The Balaban J connectivity index is 1.39. The van der Waals surface area contributed by atoms with Gasteiger partial charge in [0.05, 0.1) is 18.4 Å². The van der Waals surface area contributed by atoms with E-state index in [2.05, 4.69) is 15.3 Å². The van der Waals surface area contributed by atoms with Crippen molar-refractivity contribution in [2.75, 3.05) is 24.2 Å². The number of sulfonamides is 1. The lowest BCUT2D eigenvalue weighted by molar-refractivity contribution is -0.0406. The molecular formula is C20H27F2N5O4S. The van der Waals surface area contributed by atoms with Crippen LogP contribution >= 0.6 is 0 Å². The lowest BCUT2D eigenvalue weighted by Crippen LogP contribution is -2.43. The average Bonchev–Trinajstić information content (AvgIpc) is 3.46. The molecule has 1 aliphatic heterocycles. The zero-order valence-electron chi connectivity index (χ0n) is 17.8. The fourth-order valence-electron chi connectivity index (χ4n) is 4.26. The molecule has 2 aliphatic carbocycles. The fraction of sp³-hybridized carbons (Fsp3) is 0.750. The van der Waals surface area contributed by atoms with Crippen LogP contribution in [-0.4, -0.2) is 70.3 Å². The minimum absolute atomic E-state index is 0.0254. The van der Waals surface area contributed by atoms with Crippen LogP contribution in [0.25, 0.3) is 0 Å². The molecule has 3 aliphatic rings. The number of aromatic nitrogens is 2. The number of nitrogens with zero attached hydrogens (tertiary/aromatic N) is 4. The lowest BCUT2D eigenvalue weighted by atomic mass is 10.0. The molecule has 0 amide bonds. The average molecular weight is 472 g/mol. The van der Waals surface area contributed by atoms with Crippen molar-refractivity contribution >= 4 is 16.0 Å². The van der Waals surface area contributed by atoms with Crippen molar-refractivity contribution < 1.29 is 27.0 Å². The van der Waals surface area contributed by atoms with Crippen LogP contribution in [0.1, 0.15) is 51.0 Å². The molecule has 2 unspecified atom stereocenters. The third-order valence-corrected chi connectivity index (χ3v) is 8.29. The molecule has 0 bridgehead atoms. The van der Waals surface area contributed by atoms with Gasteiger partial charge in [0.2, 0.25) is 21.9 Å². The summed E-state index contributed by atoms with van der Waals surface area (Å²) in [5.74, 6) is -2.57. The predicted molar refractivity (Wildman–Crippen MR) is 111 cm³/mol. The van der Waals surface area contributed by atoms with Gasteiger partial charge in [-0.05, 0) is 38.5 Å². The van der Waals surface area contributed by atoms with Gasteiger partial charge in [-0.15, -0.1) is 0 Å². The minimum atomic E-state index is -3.23. The molecule has 9 nitrogen and oxygen atoms in total. The maximum atomic E-state index is 13.8. The van der Waals surface area contributed by atoms with E-state index in [0.29, 0.717) is 31.8 Å². The number of piperidine rings is 1. The van der Waals surface area contributed by atoms with Crippen LogP contribution in [0.5, 0.6) is 5.88 Å². The van der Waals surface area contributed by atoms with Crippen LogP contribution in [0.15, 0.2) is 6.20 Å². The van der Waals surface area contributed by atoms with Gasteiger partial charge >= 0.3 is 0 Å². The highest BCUT2D eigenvalue weighted by atomic mass is 32.2. The second kappa shape index (κ2) is 8.35. The molecule has 12 heteroatoms. The number of ether oxygens (including phenoxy) is 1. The summed E-state index contributed by atoms with van der Waals surface area (Å²) in [4.78, 5) is 8.27. The van der Waals surface area contributed by atoms with Crippen LogP contribution in [0.3, 0.4) is 0 Å². The van der Waals surface area contributed by atoms with Gasteiger partial charge in [0, 0.05) is 25.6 Å². The Morgan fingerprint density at radius 1 is 1.34 bits per heavy atom. The molecule has 1 saturated heterocycles. The van der Waals surface area contributed by atoms with Crippen molar-refractivity contribution in [1.82, 2.24) is 14.3 Å². The first kappa shape index (κ1) is 23.1. The Hall–Kier alpha value is -2.10. The van der Waals surface area contributed by atoms with Crippen molar-refractivity contribution in [2.45, 2.75) is 69.1 Å². The van der Waals surface area contributed by atoms with E-state index in [0.717, 1.165) is 12.8 Å². The van der Waals surface area contributed by atoms with Crippen molar-refractivity contribution in [3.8, 4) is 11.9 Å². The number of hydrogen-bond donors (Lipinski definition) is 2. The van der Waals surface area contributed by atoms with E-state index in [1.165, 1.54) is 17.4 Å². The Kier molecular flexibility index (Phi) is 6.02. The first-order valence-electron chi connectivity index (χ1n) is 10.8. The van der Waals surface area contributed by atoms with Gasteiger partial charge in [-0.3, -0.25) is 0 Å². The number of halogens is 2. The van der Waals surface area contributed by atoms with Crippen LogP contribution < -0.4 is 10.1 Å².